The van der Waals surface area contributed by atoms with Crippen LogP contribution in [-0.4, -0.2) is 23.1 Å². The zero-order valence-corrected chi connectivity index (χ0v) is 8.76. The normalized spacial score (nSPS) is 19.0. The van der Waals surface area contributed by atoms with Gasteiger partial charge in [-0.15, -0.1) is 11.3 Å². The first-order valence-electron chi connectivity index (χ1n) is 4.38. The van der Waals surface area contributed by atoms with Gasteiger partial charge in [0.15, 0.2) is 11.2 Å². The van der Waals surface area contributed by atoms with Crippen LogP contribution in [0.25, 0.3) is 0 Å². The largest absolute Gasteiger partial charge is 0.481 e. The lowest BCUT2D eigenvalue weighted by molar-refractivity contribution is -0.136. The summed E-state index contributed by atoms with van der Waals surface area (Å²) in [5, 5.41) is 11.8. The molecular weight excluding hydrogens is 218 g/mol. The number of thiophene rings is 1. The fraction of sp³-hybridized carbons (Fsp3) is 0.333. The van der Waals surface area contributed by atoms with E-state index < -0.39 is 12.1 Å². The Hall–Kier alpha value is -1.56. The molecule has 80 valence electrons. The summed E-state index contributed by atoms with van der Waals surface area (Å²) in [6, 6.07) is 1.64. The molecule has 0 spiro atoms. The molecule has 0 radical (unpaired) electrons. The number of ether oxygens (including phenoxy) is 1. The molecule has 1 aromatic rings. The second-order valence-corrected chi connectivity index (χ2v) is 4.33. The minimum Gasteiger partial charge on any atom is -0.481 e. The molecular formula is C9H9NO4S. The lowest BCUT2D eigenvalue weighted by atomic mass is 10.3. The fourth-order valence-corrected chi connectivity index (χ4v) is 2.31. The molecule has 1 aliphatic heterocycles. The predicted octanol–water partition coefficient (Wildman–Crippen LogP) is 1.09. The molecule has 1 amide bonds. The Morgan fingerprint density at radius 3 is 3.13 bits per heavy atom. The molecule has 1 aromatic heterocycles. The van der Waals surface area contributed by atoms with Crippen LogP contribution in [0.4, 0.5) is 5.69 Å². The topological polar surface area (TPSA) is 75.6 Å². The van der Waals surface area contributed by atoms with E-state index in [9.17, 15) is 9.59 Å². The molecule has 0 fully saturated rings. The van der Waals surface area contributed by atoms with Crippen molar-refractivity contribution in [3.8, 4) is 5.06 Å². The number of rotatable bonds is 2. The summed E-state index contributed by atoms with van der Waals surface area (Å²) in [6.45, 7) is 1.65. The van der Waals surface area contributed by atoms with Crippen molar-refractivity contribution in [1.29, 1.82) is 0 Å². The molecule has 0 aromatic carbocycles. The van der Waals surface area contributed by atoms with E-state index in [0.29, 0.717) is 15.6 Å². The molecule has 1 atom stereocenters. The number of amides is 1. The van der Waals surface area contributed by atoms with Crippen LogP contribution in [0.1, 0.15) is 11.8 Å². The van der Waals surface area contributed by atoms with Crippen LogP contribution >= 0.6 is 11.3 Å². The standard InChI is InChI=1S/C9H9NO4S/c1-4-8(13)10-6-2-5(3-7(11)12)15-9(6)14-4/h2,4H,3H2,1H3,(H,10,13)(H,11,12). The number of nitrogens with one attached hydrogen (secondary N) is 1. The number of hydrogen-bond donors (Lipinski definition) is 2. The van der Waals surface area contributed by atoms with Crippen molar-refractivity contribution in [2.45, 2.75) is 19.4 Å². The number of anilines is 1. The summed E-state index contributed by atoms with van der Waals surface area (Å²) >= 11 is 1.25. The summed E-state index contributed by atoms with van der Waals surface area (Å²) in [7, 11) is 0. The van der Waals surface area contributed by atoms with E-state index in [2.05, 4.69) is 5.32 Å². The maximum Gasteiger partial charge on any atom is 0.308 e. The Labute approximate surface area is 89.7 Å². The van der Waals surface area contributed by atoms with Gasteiger partial charge < -0.3 is 15.2 Å². The van der Waals surface area contributed by atoms with Crippen LogP contribution in [-0.2, 0) is 16.0 Å². The van der Waals surface area contributed by atoms with Crippen LogP contribution < -0.4 is 10.1 Å². The number of carboxylic acid groups (broad SMARTS) is 1. The summed E-state index contributed by atoms with van der Waals surface area (Å²) in [4.78, 5) is 22.4. The van der Waals surface area contributed by atoms with Crippen molar-refractivity contribution >= 4 is 28.9 Å². The van der Waals surface area contributed by atoms with E-state index in [-0.39, 0.29) is 12.3 Å². The molecule has 1 aliphatic rings. The lowest BCUT2D eigenvalue weighted by Gasteiger charge is -2.19. The minimum atomic E-state index is -0.895. The Kier molecular flexibility index (Phi) is 2.36. The van der Waals surface area contributed by atoms with E-state index in [0.717, 1.165) is 0 Å². The summed E-state index contributed by atoms with van der Waals surface area (Å²) in [5.41, 5.74) is 0.569. The third-order valence-electron chi connectivity index (χ3n) is 1.99. The predicted molar refractivity (Wildman–Crippen MR) is 54.4 cm³/mol. The monoisotopic (exact) mass is 227 g/mol. The summed E-state index contributed by atoms with van der Waals surface area (Å²) in [6.07, 6.45) is -0.570. The van der Waals surface area contributed by atoms with E-state index in [4.69, 9.17) is 9.84 Å². The molecule has 2 heterocycles. The van der Waals surface area contributed by atoms with E-state index in [1.54, 1.807) is 13.0 Å². The second-order valence-electron chi connectivity index (χ2n) is 3.23. The SMILES string of the molecule is CC1Oc2sc(CC(=O)O)cc2NC1=O. The molecule has 2 rings (SSSR count). The fourth-order valence-electron chi connectivity index (χ4n) is 1.28. The van der Waals surface area contributed by atoms with E-state index >= 15 is 0 Å². The average molecular weight is 227 g/mol. The van der Waals surface area contributed by atoms with Gasteiger partial charge in [0, 0.05) is 4.88 Å². The highest BCUT2D eigenvalue weighted by Crippen LogP contribution is 2.38. The Morgan fingerprint density at radius 2 is 2.47 bits per heavy atom. The highest BCUT2D eigenvalue weighted by Gasteiger charge is 2.26. The Bertz CT molecular complexity index is 426. The highest BCUT2D eigenvalue weighted by atomic mass is 32.1. The molecule has 5 nitrogen and oxygen atoms in total. The smallest absolute Gasteiger partial charge is 0.308 e. The molecule has 2 N–H and O–H groups in total. The van der Waals surface area contributed by atoms with Gasteiger partial charge in [-0.1, -0.05) is 0 Å². The van der Waals surface area contributed by atoms with Gasteiger partial charge in [-0.3, -0.25) is 9.59 Å². The zero-order valence-electron chi connectivity index (χ0n) is 7.94. The Morgan fingerprint density at radius 1 is 1.73 bits per heavy atom. The van der Waals surface area contributed by atoms with Gasteiger partial charge >= 0.3 is 5.97 Å². The van der Waals surface area contributed by atoms with Gasteiger partial charge in [-0.25, -0.2) is 0 Å². The van der Waals surface area contributed by atoms with Gasteiger partial charge in [-0.2, -0.15) is 0 Å². The van der Waals surface area contributed by atoms with E-state index in [1.807, 2.05) is 0 Å². The van der Waals surface area contributed by atoms with Crippen LogP contribution in [0.3, 0.4) is 0 Å². The molecule has 0 bridgehead atoms. The molecule has 0 aliphatic carbocycles. The van der Waals surface area contributed by atoms with Crippen molar-refractivity contribution in [3.05, 3.63) is 10.9 Å². The quantitative estimate of drug-likeness (QED) is 0.793. The molecule has 1 unspecified atom stereocenters. The molecule has 15 heavy (non-hydrogen) atoms. The van der Waals surface area contributed by atoms with Gasteiger partial charge in [0.25, 0.3) is 5.91 Å². The van der Waals surface area contributed by atoms with Gasteiger partial charge in [0.05, 0.1) is 12.1 Å². The molecule has 0 saturated heterocycles. The second kappa shape index (κ2) is 3.54. The maximum atomic E-state index is 11.2. The lowest BCUT2D eigenvalue weighted by Crippen LogP contribution is -2.33. The first kappa shape index (κ1) is 9.97. The number of fused-ring (bicyclic) bond motifs is 1. The highest BCUT2D eigenvalue weighted by molar-refractivity contribution is 7.14. The van der Waals surface area contributed by atoms with Gasteiger partial charge in [-0.05, 0) is 13.0 Å². The van der Waals surface area contributed by atoms with Crippen LogP contribution in [0.15, 0.2) is 6.07 Å². The molecule has 0 saturated carbocycles. The number of carbonyl (C=O) groups excluding carboxylic acids is 1. The van der Waals surface area contributed by atoms with Crippen molar-refractivity contribution in [2.75, 3.05) is 5.32 Å². The maximum absolute atomic E-state index is 11.2. The third kappa shape index (κ3) is 1.94. The van der Waals surface area contributed by atoms with Crippen molar-refractivity contribution in [1.82, 2.24) is 0 Å². The number of hydrogen-bond acceptors (Lipinski definition) is 4. The zero-order chi connectivity index (χ0) is 11.0. The Balaban J connectivity index is 2.25. The minimum absolute atomic E-state index is 0.0503. The van der Waals surface area contributed by atoms with Crippen molar-refractivity contribution < 1.29 is 19.4 Å². The third-order valence-corrected chi connectivity index (χ3v) is 3.01. The van der Waals surface area contributed by atoms with Gasteiger partial charge in [0.1, 0.15) is 0 Å². The summed E-state index contributed by atoms with van der Waals surface area (Å²) in [5.74, 6) is -1.10. The van der Waals surface area contributed by atoms with Crippen LogP contribution in [0.5, 0.6) is 5.06 Å². The van der Waals surface area contributed by atoms with Crippen LogP contribution in [0, 0.1) is 0 Å². The number of carboxylic acids is 1. The first-order valence-corrected chi connectivity index (χ1v) is 5.20. The first-order chi connectivity index (χ1) is 7.06. The van der Waals surface area contributed by atoms with Crippen molar-refractivity contribution in [2.24, 2.45) is 0 Å². The van der Waals surface area contributed by atoms with Crippen LogP contribution in [0.2, 0.25) is 0 Å². The van der Waals surface area contributed by atoms with Crippen molar-refractivity contribution in [3.63, 3.8) is 0 Å². The summed E-state index contributed by atoms with van der Waals surface area (Å²) < 4.78 is 5.32. The molecule has 6 heteroatoms. The number of carbonyl (C=O) groups is 2. The average Bonchev–Trinajstić information content (AvgIpc) is 2.46. The number of aliphatic carboxylic acids is 1. The van der Waals surface area contributed by atoms with E-state index in [1.165, 1.54) is 11.3 Å². The van der Waals surface area contributed by atoms with Gasteiger partial charge in [0.2, 0.25) is 0 Å².